The SMILES string of the molecule is O=C(Cc1ccc(-c2ccccc2)cc1)NC[C@@H](O)c1cccc2ccccc12. The van der Waals surface area contributed by atoms with E-state index in [1.165, 1.54) is 0 Å². The molecular formula is C26H23NO2. The molecule has 0 aliphatic carbocycles. The summed E-state index contributed by atoms with van der Waals surface area (Å²) < 4.78 is 0. The van der Waals surface area contributed by atoms with E-state index in [-0.39, 0.29) is 18.9 Å². The van der Waals surface area contributed by atoms with Gasteiger partial charge in [0.25, 0.3) is 0 Å². The third-order valence-electron chi connectivity index (χ3n) is 5.10. The Hall–Kier alpha value is -3.43. The first-order valence-corrected chi connectivity index (χ1v) is 9.77. The molecule has 0 heterocycles. The molecule has 1 atom stereocenters. The van der Waals surface area contributed by atoms with Gasteiger partial charge in [0.15, 0.2) is 0 Å². The Morgan fingerprint density at radius 1 is 0.759 bits per heavy atom. The van der Waals surface area contributed by atoms with E-state index < -0.39 is 6.10 Å². The predicted octanol–water partition coefficient (Wildman–Crippen LogP) is 4.90. The van der Waals surface area contributed by atoms with Gasteiger partial charge in [0.05, 0.1) is 12.5 Å². The summed E-state index contributed by atoms with van der Waals surface area (Å²) in [5.41, 5.74) is 4.06. The van der Waals surface area contributed by atoms with Crippen LogP contribution in [0.2, 0.25) is 0 Å². The Kier molecular flexibility index (Phi) is 5.68. The quantitative estimate of drug-likeness (QED) is 0.499. The largest absolute Gasteiger partial charge is 0.387 e. The lowest BCUT2D eigenvalue weighted by atomic mass is 10.0. The van der Waals surface area contributed by atoms with Crippen molar-refractivity contribution in [2.75, 3.05) is 6.54 Å². The van der Waals surface area contributed by atoms with E-state index in [1.54, 1.807) is 0 Å². The highest BCUT2D eigenvalue weighted by Crippen LogP contribution is 2.24. The highest BCUT2D eigenvalue weighted by molar-refractivity contribution is 5.86. The molecule has 3 nitrogen and oxygen atoms in total. The van der Waals surface area contributed by atoms with Crippen LogP contribution in [0.3, 0.4) is 0 Å². The number of aliphatic hydroxyl groups is 1. The van der Waals surface area contributed by atoms with Gasteiger partial charge in [0.1, 0.15) is 0 Å². The second-order valence-electron chi connectivity index (χ2n) is 7.13. The Bertz CT molecular complexity index is 1100. The third kappa shape index (κ3) is 4.53. The molecule has 144 valence electrons. The van der Waals surface area contributed by atoms with Crippen LogP contribution in [0.1, 0.15) is 17.2 Å². The lowest BCUT2D eigenvalue weighted by Crippen LogP contribution is -2.29. The molecule has 4 aromatic carbocycles. The zero-order valence-corrected chi connectivity index (χ0v) is 16.1. The average molecular weight is 381 g/mol. The minimum Gasteiger partial charge on any atom is -0.387 e. The van der Waals surface area contributed by atoms with E-state index >= 15 is 0 Å². The molecule has 0 saturated heterocycles. The van der Waals surface area contributed by atoms with Crippen LogP contribution >= 0.6 is 0 Å². The summed E-state index contributed by atoms with van der Waals surface area (Å²) in [4.78, 5) is 12.3. The molecule has 2 N–H and O–H groups in total. The van der Waals surface area contributed by atoms with Gasteiger partial charge in [0, 0.05) is 6.54 Å². The zero-order chi connectivity index (χ0) is 20.1. The first-order valence-electron chi connectivity index (χ1n) is 9.77. The second kappa shape index (κ2) is 8.72. The van der Waals surface area contributed by atoms with Gasteiger partial charge in [-0.25, -0.2) is 0 Å². The number of fused-ring (bicyclic) bond motifs is 1. The van der Waals surface area contributed by atoms with E-state index in [0.29, 0.717) is 0 Å². The van der Waals surface area contributed by atoms with E-state index in [2.05, 4.69) is 17.4 Å². The fourth-order valence-electron chi connectivity index (χ4n) is 3.56. The number of hydrogen-bond donors (Lipinski definition) is 2. The first kappa shape index (κ1) is 18.9. The van der Waals surface area contributed by atoms with Crippen molar-refractivity contribution in [1.82, 2.24) is 5.32 Å². The topological polar surface area (TPSA) is 49.3 Å². The van der Waals surface area contributed by atoms with Crippen LogP contribution in [0.15, 0.2) is 97.1 Å². The van der Waals surface area contributed by atoms with Crippen molar-refractivity contribution in [3.63, 3.8) is 0 Å². The average Bonchev–Trinajstić information content (AvgIpc) is 2.78. The van der Waals surface area contributed by atoms with Gasteiger partial charge in [-0.05, 0) is 33.0 Å². The zero-order valence-electron chi connectivity index (χ0n) is 16.1. The number of nitrogens with one attached hydrogen (secondary N) is 1. The molecule has 1 amide bonds. The Morgan fingerprint density at radius 2 is 1.41 bits per heavy atom. The third-order valence-corrected chi connectivity index (χ3v) is 5.10. The molecule has 0 aromatic heterocycles. The predicted molar refractivity (Wildman–Crippen MR) is 117 cm³/mol. The highest BCUT2D eigenvalue weighted by Gasteiger charge is 2.12. The maximum atomic E-state index is 12.3. The van der Waals surface area contributed by atoms with Crippen molar-refractivity contribution in [1.29, 1.82) is 0 Å². The van der Waals surface area contributed by atoms with E-state index in [0.717, 1.165) is 33.0 Å². The minimum atomic E-state index is -0.745. The Balaban J connectivity index is 1.36. The van der Waals surface area contributed by atoms with E-state index in [4.69, 9.17) is 0 Å². The van der Waals surface area contributed by atoms with Crippen LogP contribution in [0.25, 0.3) is 21.9 Å². The van der Waals surface area contributed by atoms with Crippen LogP contribution in [0.4, 0.5) is 0 Å². The van der Waals surface area contributed by atoms with Gasteiger partial charge in [-0.1, -0.05) is 97.1 Å². The van der Waals surface area contributed by atoms with Gasteiger partial charge in [-0.15, -0.1) is 0 Å². The maximum absolute atomic E-state index is 12.3. The highest BCUT2D eigenvalue weighted by atomic mass is 16.3. The number of hydrogen-bond acceptors (Lipinski definition) is 2. The summed E-state index contributed by atoms with van der Waals surface area (Å²) in [6, 6.07) is 31.9. The number of benzene rings is 4. The molecule has 0 aliphatic heterocycles. The molecule has 4 aromatic rings. The molecule has 0 aliphatic rings. The molecule has 4 rings (SSSR count). The molecule has 0 fully saturated rings. The van der Waals surface area contributed by atoms with Gasteiger partial charge in [-0.2, -0.15) is 0 Å². The summed E-state index contributed by atoms with van der Waals surface area (Å²) in [6.45, 7) is 0.189. The number of amides is 1. The number of carbonyl (C=O) groups is 1. The van der Waals surface area contributed by atoms with Crippen molar-refractivity contribution in [2.24, 2.45) is 0 Å². The van der Waals surface area contributed by atoms with Gasteiger partial charge in [0.2, 0.25) is 5.91 Å². The number of aliphatic hydroxyl groups excluding tert-OH is 1. The summed E-state index contributed by atoms with van der Waals surface area (Å²) in [6.07, 6.45) is -0.456. The molecule has 0 saturated carbocycles. The van der Waals surface area contributed by atoms with Crippen LogP contribution in [0.5, 0.6) is 0 Å². The van der Waals surface area contributed by atoms with Crippen LogP contribution < -0.4 is 5.32 Å². The van der Waals surface area contributed by atoms with Gasteiger partial charge < -0.3 is 10.4 Å². The number of rotatable bonds is 6. The summed E-state index contributed by atoms with van der Waals surface area (Å²) in [5, 5.41) is 15.5. The molecule has 0 radical (unpaired) electrons. The number of carbonyl (C=O) groups excluding carboxylic acids is 1. The molecule has 29 heavy (non-hydrogen) atoms. The summed E-state index contributed by atoms with van der Waals surface area (Å²) >= 11 is 0. The standard InChI is InChI=1S/C26H23NO2/c28-25(24-12-6-10-22-9-4-5-11-23(22)24)18-27-26(29)17-19-13-15-21(16-14-19)20-7-2-1-3-8-20/h1-16,25,28H,17-18H2,(H,27,29)/t25-/m1/s1. The van der Waals surface area contributed by atoms with Crippen molar-refractivity contribution < 1.29 is 9.90 Å². The lowest BCUT2D eigenvalue weighted by Gasteiger charge is -2.15. The normalized spacial score (nSPS) is 11.9. The first-order chi connectivity index (χ1) is 14.2. The van der Waals surface area contributed by atoms with Crippen LogP contribution in [0, 0.1) is 0 Å². The molecule has 0 spiro atoms. The minimum absolute atomic E-state index is 0.100. The molecule has 0 bridgehead atoms. The van der Waals surface area contributed by atoms with Crippen molar-refractivity contribution in [3.05, 3.63) is 108 Å². The van der Waals surface area contributed by atoms with E-state index in [9.17, 15) is 9.90 Å². The monoisotopic (exact) mass is 381 g/mol. The fourth-order valence-corrected chi connectivity index (χ4v) is 3.56. The Morgan fingerprint density at radius 3 is 2.21 bits per heavy atom. The van der Waals surface area contributed by atoms with Crippen LogP contribution in [-0.2, 0) is 11.2 Å². The van der Waals surface area contributed by atoms with E-state index in [1.807, 2.05) is 84.9 Å². The second-order valence-corrected chi connectivity index (χ2v) is 7.13. The summed E-state index contributed by atoms with van der Waals surface area (Å²) in [7, 11) is 0. The molecule has 0 unspecified atom stereocenters. The van der Waals surface area contributed by atoms with Gasteiger partial charge >= 0.3 is 0 Å². The lowest BCUT2D eigenvalue weighted by molar-refractivity contribution is -0.120. The van der Waals surface area contributed by atoms with Gasteiger partial charge in [-0.3, -0.25) is 4.79 Å². The maximum Gasteiger partial charge on any atom is 0.224 e. The molecule has 3 heteroatoms. The Labute approximate surface area is 170 Å². The van der Waals surface area contributed by atoms with Crippen molar-refractivity contribution in [3.8, 4) is 11.1 Å². The summed E-state index contributed by atoms with van der Waals surface area (Å²) in [5.74, 6) is -0.100. The smallest absolute Gasteiger partial charge is 0.224 e. The van der Waals surface area contributed by atoms with Crippen molar-refractivity contribution >= 4 is 16.7 Å². The van der Waals surface area contributed by atoms with Crippen LogP contribution in [-0.4, -0.2) is 17.6 Å². The molecular weight excluding hydrogens is 358 g/mol. The fraction of sp³-hybridized carbons (Fsp3) is 0.115. The van der Waals surface area contributed by atoms with Crippen molar-refractivity contribution in [2.45, 2.75) is 12.5 Å².